The van der Waals surface area contributed by atoms with Crippen LogP contribution in [-0.2, 0) is 14.8 Å². The summed E-state index contributed by atoms with van der Waals surface area (Å²) < 4.78 is 36.8. The largest absolute Gasteiger partial charge is 0.497 e. The maximum absolute atomic E-state index is 13.1. The monoisotopic (exact) mass is 436 g/mol. The lowest BCUT2D eigenvalue weighted by Crippen LogP contribution is -2.52. The van der Waals surface area contributed by atoms with Crippen LogP contribution in [0, 0.1) is 5.41 Å². The van der Waals surface area contributed by atoms with E-state index in [2.05, 4.69) is 0 Å². The molecule has 1 unspecified atom stereocenters. The second-order valence-electron chi connectivity index (χ2n) is 6.93. The number of rotatable bonds is 5. The molecule has 1 amide bonds. The molecule has 1 heterocycles. The van der Waals surface area contributed by atoms with E-state index in [0.29, 0.717) is 12.2 Å². The summed E-state index contributed by atoms with van der Waals surface area (Å²) in [6, 6.07) is 4.63. The van der Waals surface area contributed by atoms with Crippen molar-refractivity contribution >= 4 is 39.1 Å². The SMILES string of the molecule is COc1ccc(OC)c(S(=O)(=O)N2CCN(C(=O)C3(C)CC3(Cl)Cl)CC2)c1. The van der Waals surface area contributed by atoms with Gasteiger partial charge in [0, 0.05) is 32.2 Å². The Balaban J connectivity index is 1.75. The van der Waals surface area contributed by atoms with Crippen LogP contribution in [0.2, 0.25) is 0 Å². The summed E-state index contributed by atoms with van der Waals surface area (Å²) in [4.78, 5) is 14.3. The Morgan fingerprint density at radius 1 is 1.11 bits per heavy atom. The second kappa shape index (κ2) is 6.99. The van der Waals surface area contributed by atoms with Gasteiger partial charge in [-0.1, -0.05) is 0 Å². The van der Waals surface area contributed by atoms with Crippen molar-refractivity contribution in [1.29, 1.82) is 0 Å². The van der Waals surface area contributed by atoms with Crippen LogP contribution < -0.4 is 9.47 Å². The van der Waals surface area contributed by atoms with E-state index >= 15 is 0 Å². The molecule has 1 aliphatic carbocycles. The van der Waals surface area contributed by atoms with Gasteiger partial charge in [0.2, 0.25) is 15.9 Å². The molecule has 1 aliphatic heterocycles. The molecule has 0 spiro atoms. The van der Waals surface area contributed by atoms with E-state index in [9.17, 15) is 13.2 Å². The number of carbonyl (C=O) groups is 1. The molecule has 2 fully saturated rings. The van der Waals surface area contributed by atoms with Gasteiger partial charge in [-0.15, -0.1) is 23.2 Å². The van der Waals surface area contributed by atoms with Crippen LogP contribution >= 0.6 is 23.2 Å². The van der Waals surface area contributed by atoms with E-state index in [-0.39, 0.29) is 42.7 Å². The zero-order valence-corrected chi connectivity index (χ0v) is 17.7. The first-order valence-electron chi connectivity index (χ1n) is 8.46. The van der Waals surface area contributed by atoms with Crippen LogP contribution in [0.4, 0.5) is 0 Å². The van der Waals surface area contributed by atoms with Crippen LogP contribution in [0.25, 0.3) is 0 Å². The molecule has 3 rings (SSSR count). The van der Waals surface area contributed by atoms with E-state index < -0.39 is 19.8 Å². The Hall–Kier alpha value is -1.22. The molecular formula is C17H22Cl2N2O5S. The first-order chi connectivity index (χ1) is 12.6. The third-order valence-corrected chi connectivity index (χ3v) is 8.27. The molecule has 150 valence electrons. The van der Waals surface area contributed by atoms with Crippen LogP contribution in [0.1, 0.15) is 13.3 Å². The van der Waals surface area contributed by atoms with E-state index in [4.69, 9.17) is 32.7 Å². The number of hydrogen-bond donors (Lipinski definition) is 0. The molecule has 1 saturated carbocycles. The van der Waals surface area contributed by atoms with Crippen LogP contribution in [0.15, 0.2) is 23.1 Å². The molecule has 0 radical (unpaired) electrons. The van der Waals surface area contributed by atoms with Gasteiger partial charge in [0.1, 0.15) is 20.7 Å². The fourth-order valence-electron chi connectivity index (χ4n) is 3.24. The lowest BCUT2D eigenvalue weighted by molar-refractivity contribution is -0.137. The number of amides is 1. The number of halogens is 2. The predicted molar refractivity (Wildman–Crippen MR) is 102 cm³/mol. The zero-order chi connectivity index (χ0) is 20.0. The Labute approximate surface area is 169 Å². The van der Waals surface area contributed by atoms with Crippen LogP contribution in [-0.4, -0.2) is 68.3 Å². The minimum Gasteiger partial charge on any atom is -0.497 e. The standard InChI is InChI=1S/C17H22Cl2N2O5S/c1-16(11-17(16,18)19)15(22)20-6-8-21(9-7-20)27(23,24)14-10-12(25-2)4-5-13(14)26-3/h4-5,10H,6-9,11H2,1-3H3. The summed E-state index contributed by atoms with van der Waals surface area (Å²) >= 11 is 12.2. The number of sulfonamides is 1. The third-order valence-electron chi connectivity index (χ3n) is 5.24. The average molecular weight is 437 g/mol. The highest BCUT2D eigenvalue weighted by atomic mass is 35.5. The number of ether oxygens (including phenoxy) is 2. The molecule has 10 heteroatoms. The number of nitrogens with zero attached hydrogens (tertiary/aromatic N) is 2. The molecule has 2 aliphatic rings. The minimum atomic E-state index is -3.79. The van der Waals surface area contributed by atoms with Crippen LogP contribution in [0.3, 0.4) is 0 Å². The van der Waals surface area contributed by atoms with Crippen molar-refractivity contribution in [2.45, 2.75) is 22.6 Å². The Bertz CT molecular complexity index is 853. The summed E-state index contributed by atoms with van der Waals surface area (Å²) in [5.41, 5.74) is -0.798. The van der Waals surface area contributed by atoms with Crippen molar-refractivity contribution in [2.24, 2.45) is 5.41 Å². The molecule has 7 nitrogen and oxygen atoms in total. The topological polar surface area (TPSA) is 76.2 Å². The molecule has 0 aromatic heterocycles. The van der Waals surface area contributed by atoms with Gasteiger partial charge in [-0.2, -0.15) is 4.31 Å². The molecule has 1 atom stereocenters. The smallest absolute Gasteiger partial charge is 0.247 e. The molecule has 0 bridgehead atoms. The van der Waals surface area contributed by atoms with E-state index in [1.54, 1.807) is 24.0 Å². The highest BCUT2D eigenvalue weighted by Gasteiger charge is 2.68. The van der Waals surface area contributed by atoms with Crippen LogP contribution in [0.5, 0.6) is 11.5 Å². The molecule has 1 saturated heterocycles. The third kappa shape index (κ3) is 3.48. The fraction of sp³-hybridized carbons (Fsp3) is 0.588. The van der Waals surface area contributed by atoms with Crippen molar-refractivity contribution in [3.63, 3.8) is 0 Å². The molecule has 1 aromatic rings. The summed E-state index contributed by atoms with van der Waals surface area (Å²) in [6.45, 7) is 2.66. The lowest BCUT2D eigenvalue weighted by atomic mass is 10.1. The van der Waals surface area contributed by atoms with Gasteiger partial charge in [-0.25, -0.2) is 8.42 Å². The van der Waals surface area contributed by atoms with Gasteiger partial charge in [0.25, 0.3) is 0 Å². The summed E-state index contributed by atoms with van der Waals surface area (Å²) in [6.07, 6.45) is 0.404. The second-order valence-corrected chi connectivity index (χ2v) is 10.3. The Morgan fingerprint density at radius 3 is 2.19 bits per heavy atom. The van der Waals surface area contributed by atoms with Gasteiger partial charge in [0.05, 0.1) is 19.6 Å². The van der Waals surface area contributed by atoms with E-state index in [0.717, 1.165) is 0 Å². The van der Waals surface area contributed by atoms with Gasteiger partial charge < -0.3 is 14.4 Å². The number of piperazine rings is 1. The predicted octanol–water partition coefficient (Wildman–Crippen LogP) is 2.12. The van der Waals surface area contributed by atoms with E-state index in [1.165, 1.54) is 24.6 Å². The number of carbonyl (C=O) groups excluding carboxylic acids is 1. The van der Waals surface area contributed by atoms with Crippen molar-refractivity contribution in [2.75, 3.05) is 40.4 Å². The zero-order valence-electron chi connectivity index (χ0n) is 15.4. The molecular weight excluding hydrogens is 415 g/mol. The molecule has 1 aromatic carbocycles. The van der Waals surface area contributed by atoms with Crippen molar-refractivity contribution in [3.8, 4) is 11.5 Å². The Morgan fingerprint density at radius 2 is 1.70 bits per heavy atom. The normalized spacial score (nSPS) is 25.1. The van der Waals surface area contributed by atoms with Gasteiger partial charge in [0.15, 0.2) is 0 Å². The summed E-state index contributed by atoms with van der Waals surface area (Å²) in [5, 5.41) is 0. The summed E-state index contributed by atoms with van der Waals surface area (Å²) in [5.74, 6) is 0.530. The first kappa shape index (κ1) is 20.5. The number of alkyl halides is 2. The maximum atomic E-state index is 13.1. The maximum Gasteiger partial charge on any atom is 0.247 e. The van der Waals surface area contributed by atoms with Gasteiger partial charge in [-0.3, -0.25) is 4.79 Å². The highest BCUT2D eigenvalue weighted by Crippen LogP contribution is 2.64. The summed E-state index contributed by atoms with van der Waals surface area (Å²) in [7, 11) is -0.909. The first-order valence-corrected chi connectivity index (χ1v) is 10.7. The van der Waals surface area contributed by atoms with Crippen molar-refractivity contribution in [3.05, 3.63) is 18.2 Å². The molecule has 0 N–H and O–H groups in total. The van der Waals surface area contributed by atoms with Gasteiger partial charge >= 0.3 is 0 Å². The molecule has 27 heavy (non-hydrogen) atoms. The van der Waals surface area contributed by atoms with Gasteiger partial charge in [-0.05, 0) is 25.5 Å². The minimum absolute atomic E-state index is 0.0406. The van der Waals surface area contributed by atoms with Crippen molar-refractivity contribution < 1.29 is 22.7 Å². The van der Waals surface area contributed by atoms with E-state index in [1.807, 2.05) is 0 Å². The lowest BCUT2D eigenvalue weighted by Gasteiger charge is -2.35. The Kier molecular flexibility index (Phi) is 5.31. The number of hydrogen-bond acceptors (Lipinski definition) is 5. The fourth-order valence-corrected chi connectivity index (χ4v) is 5.53. The number of benzene rings is 1. The van der Waals surface area contributed by atoms with Crippen molar-refractivity contribution in [1.82, 2.24) is 9.21 Å². The number of methoxy groups -OCH3 is 2. The highest BCUT2D eigenvalue weighted by molar-refractivity contribution is 7.89. The average Bonchev–Trinajstić information content (AvgIpc) is 3.19. The quantitative estimate of drug-likeness (QED) is 0.660.